The van der Waals surface area contributed by atoms with Gasteiger partial charge in [-0.1, -0.05) is 18.2 Å². The highest BCUT2D eigenvalue weighted by atomic mass is 32.1. The second-order valence-corrected chi connectivity index (χ2v) is 7.48. The van der Waals surface area contributed by atoms with Crippen LogP contribution in [-0.4, -0.2) is 21.8 Å². The van der Waals surface area contributed by atoms with Crippen LogP contribution in [-0.2, 0) is 0 Å². The number of amides is 2. The maximum Gasteiger partial charge on any atom is 0.267 e. The van der Waals surface area contributed by atoms with Gasteiger partial charge in [0.2, 0.25) is 0 Å². The van der Waals surface area contributed by atoms with Crippen LogP contribution in [0.5, 0.6) is 0 Å². The van der Waals surface area contributed by atoms with Gasteiger partial charge in [0.25, 0.3) is 11.8 Å². The van der Waals surface area contributed by atoms with Gasteiger partial charge >= 0.3 is 0 Å². The Morgan fingerprint density at radius 1 is 0.962 bits per heavy atom. The summed E-state index contributed by atoms with van der Waals surface area (Å²) in [4.78, 5) is 34.3. The van der Waals surface area contributed by atoms with Crippen LogP contribution in [0.3, 0.4) is 0 Å². The summed E-state index contributed by atoms with van der Waals surface area (Å²) >= 11 is 2.61. The topological polar surface area (TPSA) is 84.0 Å². The van der Waals surface area contributed by atoms with Gasteiger partial charge in [0.15, 0.2) is 0 Å². The van der Waals surface area contributed by atoms with Crippen molar-refractivity contribution in [1.29, 1.82) is 0 Å². The minimum Gasteiger partial charge on any atom is -0.345 e. The van der Waals surface area contributed by atoms with E-state index in [0.29, 0.717) is 26.8 Å². The van der Waals surface area contributed by atoms with Gasteiger partial charge in [-0.05, 0) is 32.4 Å². The van der Waals surface area contributed by atoms with Crippen molar-refractivity contribution in [3.8, 4) is 0 Å². The normalized spacial score (nSPS) is 11.8. The van der Waals surface area contributed by atoms with Crippen LogP contribution < -0.4 is 10.6 Å². The second-order valence-electron chi connectivity index (χ2n) is 5.77. The van der Waals surface area contributed by atoms with Crippen LogP contribution in [0, 0.1) is 13.8 Å². The monoisotopic (exact) mass is 386 g/mol. The van der Waals surface area contributed by atoms with Gasteiger partial charge in [-0.2, -0.15) is 0 Å². The Morgan fingerprint density at radius 2 is 1.54 bits per heavy atom. The molecule has 2 heterocycles. The van der Waals surface area contributed by atoms with Gasteiger partial charge in [-0.25, -0.2) is 9.97 Å². The number of carbonyl (C=O) groups excluding carboxylic acids is 2. The van der Waals surface area contributed by atoms with Crippen molar-refractivity contribution >= 4 is 40.2 Å². The maximum atomic E-state index is 12.5. The fourth-order valence-electron chi connectivity index (χ4n) is 2.55. The molecule has 1 atom stereocenters. The molecule has 0 aliphatic carbocycles. The zero-order valence-electron chi connectivity index (χ0n) is 14.6. The average Bonchev–Trinajstić information content (AvgIpc) is 3.23. The number of nitrogens with zero attached hydrogens (tertiary/aromatic N) is 2. The fraction of sp³-hybridized carbons (Fsp3) is 0.222. The first-order valence-electron chi connectivity index (χ1n) is 7.98. The van der Waals surface area contributed by atoms with E-state index in [2.05, 4.69) is 20.6 Å². The molecule has 134 valence electrons. The van der Waals surface area contributed by atoms with Crippen LogP contribution in [0.15, 0.2) is 35.3 Å². The van der Waals surface area contributed by atoms with Crippen molar-refractivity contribution in [3.63, 3.8) is 0 Å². The van der Waals surface area contributed by atoms with Crippen LogP contribution >= 0.6 is 22.7 Å². The number of rotatable bonds is 5. The number of hydrogen-bond acceptors (Lipinski definition) is 6. The molecule has 2 N–H and O–H groups in total. The molecule has 0 bridgehead atoms. The zero-order chi connectivity index (χ0) is 18.7. The Morgan fingerprint density at radius 3 is 2.12 bits per heavy atom. The summed E-state index contributed by atoms with van der Waals surface area (Å²) in [7, 11) is 0. The molecule has 3 aromatic rings. The molecule has 0 saturated carbocycles. The van der Waals surface area contributed by atoms with Gasteiger partial charge in [0, 0.05) is 5.69 Å². The lowest BCUT2D eigenvalue weighted by Gasteiger charge is -2.18. The Hall–Kier alpha value is -2.58. The molecule has 2 amide bonds. The number of anilines is 1. The number of hydrogen-bond donors (Lipinski definition) is 2. The molecule has 1 unspecified atom stereocenters. The summed E-state index contributed by atoms with van der Waals surface area (Å²) in [5.41, 5.74) is 6.21. The molecular formula is C18H18N4O2S2. The van der Waals surface area contributed by atoms with Gasteiger partial charge < -0.3 is 10.6 Å². The third-order valence-corrected chi connectivity index (χ3v) is 5.78. The molecule has 0 radical (unpaired) electrons. The Balaban J connectivity index is 1.78. The smallest absolute Gasteiger partial charge is 0.267 e. The minimum absolute atomic E-state index is 0.170. The van der Waals surface area contributed by atoms with E-state index in [9.17, 15) is 9.59 Å². The average molecular weight is 387 g/mol. The van der Waals surface area contributed by atoms with Crippen molar-refractivity contribution in [3.05, 3.63) is 62.0 Å². The molecular weight excluding hydrogens is 368 g/mol. The number of benzene rings is 1. The first kappa shape index (κ1) is 18.2. The quantitative estimate of drug-likeness (QED) is 0.695. The second kappa shape index (κ2) is 7.76. The molecule has 0 saturated heterocycles. The lowest BCUT2D eigenvalue weighted by Crippen LogP contribution is -2.27. The van der Waals surface area contributed by atoms with Gasteiger partial charge in [-0.15, -0.1) is 22.7 Å². The summed E-state index contributed by atoms with van der Waals surface area (Å²) in [6.07, 6.45) is 0. The van der Waals surface area contributed by atoms with Crippen LogP contribution in [0.25, 0.3) is 0 Å². The SMILES string of the molecule is Cc1ncsc1C(=O)Nc1ccccc1C(C)NC(=O)c1scnc1C. The van der Waals surface area contributed by atoms with Crippen molar-refractivity contribution in [2.75, 3.05) is 5.32 Å². The Bertz CT molecular complexity index is 948. The molecule has 2 aromatic heterocycles. The molecule has 6 nitrogen and oxygen atoms in total. The van der Waals surface area contributed by atoms with E-state index in [0.717, 1.165) is 5.56 Å². The molecule has 0 aliphatic heterocycles. The Labute approximate surface area is 159 Å². The highest BCUT2D eigenvalue weighted by Gasteiger charge is 2.19. The lowest BCUT2D eigenvalue weighted by atomic mass is 10.1. The molecule has 3 rings (SSSR count). The molecule has 26 heavy (non-hydrogen) atoms. The number of aryl methyl sites for hydroxylation is 2. The predicted octanol–water partition coefficient (Wildman–Crippen LogP) is 3.96. The van der Waals surface area contributed by atoms with E-state index in [-0.39, 0.29) is 17.9 Å². The third-order valence-electron chi connectivity index (χ3n) is 3.93. The van der Waals surface area contributed by atoms with E-state index in [1.54, 1.807) is 17.9 Å². The molecule has 8 heteroatoms. The number of para-hydroxylation sites is 1. The zero-order valence-corrected chi connectivity index (χ0v) is 16.2. The first-order chi connectivity index (χ1) is 12.5. The van der Waals surface area contributed by atoms with Crippen molar-refractivity contribution in [2.24, 2.45) is 0 Å². The van der Waals surface area contributed by atoms with Gasteiger partial charge in [-0.3, -0.25) is 9.59 Å². The summed E-state index contributed by atoms with van der Waals surface area (Å²) in [5.74, 6) is -0.369. The van der Waals surface area contributed by atoms with Crippen molar-refractivity contribution in [1.82, 2.24) is 15.3 Å². The molecule has 0 spiro atoms. The van der Waals surface area contributed by atoms with E-state index < -0.39 is 0 Å². The Kier molecular flexibility index (Phi) is 5.43. The standard InChI is InChI=1S/C18H18N4O2S2/c1-10(21-17(23)15-11(2)19-8-25-15)13-6-4-5-7-14(13)22-18(24)16-12(3)20-9-26-16/h4-10H,1-3H3,(H,21,23)(H,22,24). The van der Waals surface area contributed by atoms with Crippen molar-refractivity contribution in [2.45, 2.75) is 26.8 Å². The largest absolute Gasteiger partial charge is 0.345 e. The van der Waals surface area contributed by atoms with E-state index >= 15 is 0 Å². The van der Waals surface area contributed by atoms with Crippen LogP contribution in [0.4, 0.5) is 5.69 Å². The molecule has 1 aromatic carbocycles. The number of nitrogens with one attached hydrogen (secondary N) is 2. The summed E-state index contributed by atoms with van der Waals surface area (Å²) in [5, 5.41) is 5.89. The molecule has 0 fully saturated rings. The highest BCUT2D eigenvalue weighted by molar-refractivity contribution is 7.12. The minimum atomic E-state index is -0.275. The van der Waals surface area contributed by atoms with E-state index in [1.807, 2.05) is 38.1 Å². The molecule has 0 aliphatic rings. The number of aromatic nitrogens is 2. The summed E-state index contributed by atoms with van der Waals surface area (Å²) in [6.45, 7) is 5.50. The van der Waals surface area contributed by atoms with E-state index in [1.165, 1.54) is 22.7 Å². The third kappa shape index (κ3) is 3.81. The maximum absolute atomic E-state index is 12.5. The predicted molar refractivity (Wildman–Crippen MR) is 104 cm³/mol. The van der Waals surface area contributed by atoms with Crippen LogP contribution in [0.1, 0.15) is 49.3 Å². The van der Waals surface area contributed by atoms with Gasteiger partial charge in [0.05, 0.1) is 28.5 Å². The number of carbonyl (C=O) groups is 2. The van der Waals surface area contributed by atoms with Crippen molar-refractivity contribution < 1.29 is 9.59 Å². The lowest BCUT2D eigenvalue weighted by molar-refractivity contribution is 0.0943. The fourth-order valence-corrected chi connectivity index (χ4v) is 3.95. The van der Waals surface area contributed by atoms with E-state index in [4.69, 9.17) is 0 Å². The number of thiazole rings is 2. The summed E-state index contributed by atoms with van der Waals surface area (Å²) < 4.78 is 0. The summed E-state index contributed by atoms with van der Waals surface area (Å²) in [6, 6.07) is 7.16. The first-order valence-corrected chi connectivity index (χ1v) is 9.74. The highest BCUT2D eigenvalue weighted by Crippen LogP contribution is 2.25. The van der Waals surface area contributed by atoms with Gasteiger partial charge in [0.1, 0.15) is 9.75 Å². The van der Waals surface area contributed by atoms with Crippen LogP contribution in [0.2, 0.25) is 0 Å².